The molecular weight excluding hydrogens is 302 g/mol. The molecule has 102 valence electrons. The van der Waals surface area contributed by atoms with Crippen LogP contribution in [-0.2, 0) is 16.6 Å². The molecule has 0 radical (unpaired) electrons. The Balaban J connectivity index is 2.03. The van der Waals surface area contributed by atoms with Gasteiger partial charge < -0.3 is 0 Å². The van der Waals surface area contributed by atoms with Crippen LogP contribution < -0.4 is 0 Å². The Morgan fingerprint density at radius 2 is 2.00 bits per heavy atom. The van der Waals surface area contributed by atoms with E-state index in [4.69, 9.17) is 11.6 Å². The first-order chi connectivity index (χ1) is 9.50. The first-order valence-corrected chi connectivity index (χ1v) is 7.45. The number of hydrogen-bond donors (Lipinski definition) is 0. The maximum Gasteiger partial charge on any atom is 0.285 e. The molecular formula is C12H8ClN3O3S. The van der Waals surface area contributed by atoms with Crippen LogP contribution >= 0.6 is 11.6 Å². The summed E-state index contributed by atoms with van der Waals surface area (Å²) in [4.78, 5) is 19.9. The normalized spacial score (nSPS) is 16.2. The van der Waals surface area contributed by atoms with Crippen molar-refractivity contribution >= 4 is 27.5 Å². The molecule has 0 bridgehead atoms. The highest BCUT2D eigenvalue weighted by Gasteiger charge is 2.42. The second-order valence-electron chi connectivity index (χ2n) is 4.12. The molecule has 0 aliphatic carbocycles. The summed E-state index contributed by atoms with van der Waals surface area (Å²) in [6.07, 6.45) is 1.34. The van der Waals surface area contributed by atoms with Gasteiger partial charge in [0.2, 0.25) is 0 Å². The lowest BCUT2D eigenvalue weighted by molar-refractivity contribution is 0.0863. The third-order valence-corrected chi connectivity index (χ3v) is 4.74. The highest BCUT2D eigenvalue weighted by molar-refractivity contribution is 7.90. The molecule has 0 unspecified atom stereocenters. The zero-order valence-corrected chi connectivity index (χ0v) is 11.6. The monoisotopic (exact) mass is 309 g/mol. The van der Waals surface area contributed by atoms with E-state index in [1.54, 1.807) is 18.2 Å². The van der Waals surface area contributed by atoms with Crippen molar-refractivity contribution in [3.63, 3.8) is 0 Å². The first-order valence-electron chi connectivity index (χ1n) is 5.63. The van der Waals surface area contributed by atoms with Gasteiger partial charge in [-0.3, -0.25) is 4.79 Å². The van der Waals surface area contributed by atoms with E-state index >= 15 is 0 Å². The van der Waals surface area contributed by atoms with Gasteiger partial charge in [-0.25, -0.2) is 14.3 Å². The molecule has 20 heavy (non-hydrogen) atoms. The molecule has 0 aromatic carbocycles. The molecule has 8 heteroatoms. The average Bonchev–Trinajstić information content (AvgIpc) is 2.61. The Hall–Kier alpha value is -1.99. The van der Waals surface area contributed by atoms with E-state index in [1.165, 1.54) is 18.3 Å². The summed E-state index contributed by atoms with van der Waals surface area (Å²) < 4.78 is 25.3. The van der Waals surface area contributed by atoms with Crippen LogP contribution in [0.25, 0.3) is 0 Å². The van der Waals surface area contributed by atoms with Crippen molar-refractivity contribution in [2.75, 3.05) is 0 Å². The summed E-state index contributed by atoms with van der Waals surface area (Å²) in [5.41, 5.74) is 0.469. The predicted octanol–water partition coefficient (Wildman–Crippen LogP) is 1.47. The van der Waals surface area contributed by atoms with Gasteiger partial charge in [0, 0.05) is 6.20 Å². The fourth-order valence-electron chi connectivity index (χ4n) is 1.95. The number of aromatic nitrogens is 2. The number of pyridine rings is 2. The summed E-state index contributed by atoms with van der Waals surface area (Å²) in [6, 6.07) is 7.77. The quantitative estimate of drug-likeness (QED) is 0.785. The summed E-state index contributed by atoms with van der Waals surface area (Å²) in [5, 5.41) is 0.0224. The van der Waals surface area contributed by atoms with Gasteiger partial charge in [-0.2, -0.15) is 8.42 Å². The zero-order chi connectivity index (χ0) is 14.3. The van der Waals surface area contributed by atoms with E-state index in [0.717, 1.165) is 4.31 Å². The van der Waals surface area contributed by atoms with Crippen molar-refractivity contribution in [1.82, 2.24) is 14.3 Å². The summed E-state index contributed by atoms with van der Waals surface area (Å²) in [6.45, 7) is -0.169. The van der Waals surface area contributed by atoms with Crippen molar-refractivity contribution in [1.29, 1.82) is 0 Å². The van der Waals surface area contributed by atoms with E-state index in [1.807, 2.05) is 0 Å². The van der Waals surface area contributed by atoms with E-state index < -0.39 is 15.9 Å². The maximum atomic E-state index is 12.3. The van der Waals surface area contributed by atoms with Gasteiger partial charge in [-0.15, -0.1) is 0 Å². The average molecular weight is 310 g/mol. The molecule has 0 spiro atoms. The standard InChI is InChI=1S/C12H8ClN3O3S/c13-10-5-1-3-8(15-10)7-16-12(17)9-4-2-6-14-11(9)20(16,18)19/h1-6H,7H2. The van der Waals surface area contributed by atoms with Crippen molar-refractivity contribution in [3.05, 3.63) is 52.9 Å². The number of sulfonamides is 1. The van der Waals surface area contributed by atoms with Gasteiger partial charge in [0.05, 0.1) is 17.8 Å². The number of carbonyl (C=O) groups is 1. The van der Waals surface area contributed by atoms with Crippen LogP contribution in [0.5, 0.6) is 0 Å². The number of halogens is 1. The lowest BCUT2D eigenvalue weighted by Gasteiger charge is -2.13. The number of rotatable bonds is 2. The number of carbonyl (C=O) groups excluding carboxylic acids is 1. The van der Waals surface area contributed by atoms with Crippen molar-refractivity contribution in [2.24, 2.45) is 0 Å². The Morgan fingerprint density at radius 1 is 1.20 bits per heavy atom. The van der Waals surface area contributed by atoms with Crippen molar-refractivity contribution in [2.45, 2.75) is 11.6 Å². The van der Waals surface area contributed by atoms with Crippen LogP contribution in [-0.4, -0.2) is 28.6 Å². The van der Waals surface area contributed by atoms with Gasteiger partial charge in [-0.1, -0.05) is 17.7 Å². The second-order valence-corrected chi connectivity index (χ2v) is 6.29. The molecule has 0 fully saturated rings. The van der Waals surface area contributed by atoms with E-state index in [-0.39, 0.29) is 22.3 Å². The second kappa shape index (κ2) is 4.53. The van der Waals surface area contributed by atoms with Gasteiger partial charge >= 0.3 is 0 Å². The minimum absolute atomic E-state index is 0.0783. The maximum absolute atomic E-state index is 12.3. The number of amides is 1. The van der Waals surface area contributed by atoms with Crippen molar-refractivity contribution in [3.8, 4) is 0 Å². The van der Waals surface area contributed by atoms with E-state index in [2.05, 4.69) is 9.97 Å². The Morgan fingerprint density at radius 3 is 2.70 bits per heavy atom. The molecule has 0 N–H and O–H groups in total. The molecule has 3 rings (SSSR count). The van der Waals surface area contributed by atoms with Gasteiger partial charge in [-0.05, 0) is 24.3 Å². The molecule has 0 atom stereocenters. The smallest absolute Gasteiger partial charge is 0.268 e. The molecule has 2 aromatic rings. The number of fused-ring (bicyclic) bond motifs is 1. The minimum atomic E-state index is -3.92. The largest absolute Gasteiger partial charge is 0.285 e. The Labute approximate surface area is 120 Å². The van der Waals surface area contributed by atoms with Crippen LogP contribution in [0, 0.1) is 0 Å². The lowest BCUT2D eigenvalue weighted by atomic mass is 10.2. The molecule has 3 heterocycles. The molecule has 1 aliphatic heterocycles. The Bertz CT molecular complexity index is 807. The Kier molecular flexibility index (Phi) is 2.95. The highest BCUT2D eigenvalue weighted by Crippen LogP contribution is 2.29. The zero-order valence-electron chi connectivity index (χ0n) is 10.0. The van der Waals surface area contributed by atoms with Gasteiger partial charge in [0.15, 0.2) is 5.03 Å². The summed E-state index contributed by atoms with van der Waals surface area (Å²) in [7, 11) is -3.92. The third-order valence-electron chi connectivity index (χ3n) is 2.84. The summed E-state index contributed by atoms with van der Waals surface area (Å²) >= 11 is 5.75. The number of nitrogens with zero attached hydrogens (tertiary/aromatic N) is 3. The highest BCUT2D eigenvalue weighted by atomic mass is 35.5. The lowest BCUT2D eigenvalue weighted by Crippen LogP contribution is -2.30. The van der Waals surface area contributed by atoms with Gasteiger partial charge in [0.1, 0.15) is 5.15 Å². The van der Waals surface area contributed by atoms with Crippen LogP contribution in [0.4, 0.5) is 0 Å². The van der Waals surface area contributed by atoms with Crippen LogP contribution in [0.2, 0.25) is 5.15 Å². The van der Waals surface area contributed by atoms with E-state index in [9.17, 15) is 13.2 Å². The molecule has 1 amide bonds. The third kappa shape index (κ3) is 1.95. The van der Waals surface area contributed by atoms with Crippen LogP contribution in [0.3, 0.4) is 0 Å². The fraction of sp³-hybridized carbons (Fsp3) is 0.0833. The van der Waals surface area contributed by atoms with Crippen molar-refractivity contribution < 1.29 is 13.2 Å². The summed E-state index contributed by atoms with van der Waals surface area (Å²) in [5.74, 6) is -0.602. The van der Waals surface area contributed by atoms with Gasteiger partial charge in [0.25, 0.3) is 15.9 Å². The molecule has 0 saturated carbocycles. The molecule has 6 nitrogen and oxygen atoms in total. The SMILES string of the molecule is O=C1c2cccnc2S(=O)(=O)N1Cc1cccc(Cl)n1. The first kappa shape index (κ1) is 13.0. The number of hydrogen-bond acceptors (Lipinski definition) is 5. The fourth-order valence-corrected chi connectivity index (χ4v) is 3.59. The molecule has 1 aliphatic rings. The van der Waals surface area contributed by atoms with E-state index in [0.29, 0.717) is 5.69 Å². The van der Waals surface area contributed by atoms with Crippen LogP contribution in [0.15, 0.2) is 41.6 Å². The topological polar surface area (TPSA) is 80.2 Å². The molecule has 2 aromatic heterocycles. The molecule has 0 saturated heterocycles. The predicted molar refractivity (Wildman–Crippen MR) is 70.5 cm³/mol. The minimum Gasteiger partial charge on any atom is -0.268 e. The van der Waals surface area contributed by atoms with Crippen LogP contribution in [0.1, 0.15) is 16.1 Å².